The second kappa shape index (κ2) is 6.52. The molecule has 5 nitrogen and oxygen atoms in total. The third-order valence-corrected chi connectivity index (χ3v) is 3.51. The molecule has 0 radical (unpaired) electrons. The third kappa shape index (κ3) is 3.57. The number of rotatable bonds is 3. The van der Waals surface area contributed by atoms with E-state index in [0.717, 1.165) is 25.7 Å². The van der Waals surface area contributed by atoms with Crippen LogP contribution < -0.4 is 5.73 Å². The molecule has 0 bridgehead atoms. The van der Waals surface area contributed by atoms with Crippen molar-refractivity contribution in [1.29, 1.82) is 0 Å². The highest BCUT2D eigenvalue weighted by molar-refractivity contribution is 5.95. The summed E-state index contributed by atoms with van der Waals surface area (Å²) in [5.41, 5.74) is 6.52. The lowest BCUT2D eigenvalue weighted by Crippen LogP contribution is -2.31. The molecule has 2 N–H and O–H groups in total. The summed E-state index contributed by atoms with van der Waals surface area (Å²) in [5, 5.41) is 0. The monoisotopic (exact) mass is 277 g/mol. The first-order chi connectivity index (χ1) is 9.60. The predicted molar refractivity (Wildman–Crippen MR) is 73.4 cm³/mol. The summed E-state index contributed by atoms with van der Waals surface area (Å²) in [4.78, 5) is 23.5. The first-order valence-corrected chi connectivity index (χ1v) is 6.75. The number of benzene rings is 1. The fourth-order valence-electron chi connectivity index (χ4n) is 2.32. The number of hydrogen-bond donors (Lipinski definition) is 1. The Hall–Kier alpha value is -1.88. The van der Waals surface area contributed by atoms with Gasteiger partial charge in [-0.25, -0.2) is 9.59 Å². The van der Waals surface area contributed by atoms with Gasteiger partial charge in [-0.15, -0.1) is 0 Å². The Balaban J connectivity index is 2.00. The SMILES string of the molecule is COC(=O)c1cccc(C(=O)OC2CCC(N)CC2)c1. The van der Waals surface area contributed by atoms with Gasteiger partial charge in [-0.1, -0.05) is 6.07 Å². The van der Waals surface area contributed by atoms with Crippen LogP contribution in [0, 0.1) is 0 Å². The van der Waals surface area contributed by atoms with Crippen molar-refractivity contribution >= 4 is 11.9 Å². The molecule has 5 heteroatoms. The van der Waals surface area contributed by atoms with Gasteiger partial charge in [0.25, 0.3) is 0 Å². The summed E-state index contributed by atoms with van der Waals surface area (Å²) in [5.74, 6) is -0.875. The van der Waals surface area contributed by atoms with Gasteiger partial charge in [0.15, 0.2) is 0 Å². The fourth-order valence-corrected chi connectivity index (χ4v) is 2.32. The van der Waals surface area contributed by atoms with Crippen LogP contribution in [0.2, 0.25) is 0 Å². The molecular formula is C15H19NO4. The lowest BCUT2D eigenvalue weighted by molar-refractivity contribution is 0.0197. The number of carbonyl (C=O) groups is 2. The first-order valence-electron chi connectivity index (χ1n) is 6.75. The maximum absolute atomic E-state index is 12.1. The van der Waals surface area contributed by atoms with Crippen molar-refractivity contribution in [2.75, 3.05) is 7.11 Å². The number of hydrogen-bond acceptors (Lipinski definition) is 5. The second-order valence-corrected chi connectivity index (χ2v) is 5.01. The zero-order chi connectivity index (χ0) is 14.5. The van der Waals surface area contributed by atoms with E-state index in [0.29, 0.717) is 11.1 Å². The second-order valence-electron chi connectivity index (χ2n) is 5.01. The molecular weight excluding hydrogens is 258 g/mol. The number of carbonyl (C=O) groups excluding carboxylic acids is 2. The molecule has 1 aliphatic carbocycles. The van der Waals surface area contributed by atoms with Crippen molar-refractivity contribution in [3.8, 4) is 0 Å². The van der Waals surface area contributed by atoms with Crippen LogP contribution in [0.5, 0.6) is 0 Å². The Morgan fingerprint density at radius 3 is 2.30 bits per heavy atom. The highest BCUT2D eigenvalue weighted by Crippen LogP contribution is 2.21. The molecule has 0 amide bonds. The minimum absolute atomic E-state index is 0.0796. The Labute approximate surface area is 118 Å². The van der Waals surface area contributed by atoms with E-state index in [9.17, 15) is 9.59 Å². The van der Waals surface area contributed by atoms with Gasteiger partial charge in [0.2, 0.25) is 0 Å². The van der Waals surface area contributed by atoms with Crippen LogP contribution in [0.1, 0.15) is 46.4 Å². The molecule has 1 aliphatic rings. The van der Waals surface area contributed by atoms with Crippen LogP contribution >= 0.6 is 0 Å². The van der Waals surface area contributed by atoms with Gasteiger partial charge in [0.1, 0.15) is 6.10 Å². The molecule has 1 saturated carbocycles. The highest BCUT2D eigenvalue weighted by Gasteiger charge is 2.22. The molecule has 1 aromatic carbocycles. The van der Waals surface area contributed by atoms with E-state index >= 15 is 0 Å². The molecule has 0 aliphatic heterocycles. The van der Waals surface area contributed by atoms with Gasteiger partial charge >= 0.3 is 11.9 Å². The third-order valence-electron chi connectivity index (χ3n) is 3.51. The molecule has 2 rings (SSSR count). The van der Waals surface area contributed by atoms with E-state index in [1.807, 2.05) is 0 Å². The topological polar surface area (TPSA) is 78.6 Å². The minimum Gasteiger partial charge on any atom is -0.465 e. The lowest BCUT2D eigenvalue weighted by Gasteiger charge is -2.25. The summed E-state index contributed by atoms with van der Waals surface area (Å²) >= 11 is 0. The van der Waals surface area contributed by atoms with Crippen molar-refractivity contribution in [1.82, 2.24) is 0 Å². The number of ether oxygens (including phenoxy) is 2. The Kier molecular flexibility index (Phi) is 4.74. The average Bonchev–Trinajstić information content (AvgIpc) is 2.49. The minimum atomic E-state index is -0.469. The van der Waals surface area contributed by atoms with E-state index in [2.05, 4.69) is 4.74 Å². The van der Waals surface area contributed by atoms with Crippen molar-refractivity contribution in [3.63, 3.8) is 0 Å². The summed E-state index contributed by atoms with van der Waals surface area (Å²) in [7, 11) is 1.30. The number of esters is 2. The lowest BCUT2D eigenvalue weighted by atomic mass is 9.94. The zero-order valence-corrected chi connectivity index (χ0v) is 11.5. The molecule has 0 heterocycles. The van der Waals surface area contributed by atoms with Crippen LogP contribution in [0.15, 0.2) is 24.3 Å². The summed E-state index contributed by atoms with van der Waals surface area (Å²) in [6.07, 6.45) is 3.26. The Bertz CT molecular complexity index is 492. The molecule has 0 atom stereocenters. The Morgan fingerprint density at radius 2 is 1.70 bits per heavy atom. The van der Waals surface area contributed by atoms with Gasteiger partial charge in [-0.05, 0) is 43.9 Å². The maximum atomic E-state index is 12.1. The Morgan fingerprint density at radius 1 is 1.10 bits per heavy atom. The van der Waals surface area contributed by atoms with Crippen LogP contribution in [-0.4, -0.2) is 31.2 Å². The quantitative estimate of drug-likeness (QED) is 0.854. The van der Waals surface area contributed by atoms with Gasteiger partial charge in [-0.3, -0.25) is 0 Å². The van der Waals surface area contributed by atoms with Gasteiger partial charge in [0.05, 0.1) is 18.2 Å². The largest absolute Gasteiger partial charge is 0.465 e. The predicted octanol–water partition coefficient (Wildman–Crippen LogP) is 1.90. The van der Waals surface area contributed by atoms with E-state index in [-0.39, 0.29) is 12.1 Å². The van der Waals surface area contributed by atoms with Crippen LogP contribution in [-0.2, 0) is 9.47 Å². The summed E-state index contributed by atoms with van der Waals surface area (Å²) in [6.45, 7) is 0. The van der Waals surface area contributed by atoms with E-state index in [1.165, 1.54) is 13.2 Å². The van der Waals surface area contributed by atoms with Crippen LogP contribution in [0.25, 0.3) is 0 Å². The number of nitrogens with two attached hydrogens (primary N) is 1. The van der Waals surface area contributed by atoms with Gasteiger partial charge in [0, 0.05) is 6.04 Å². The standard InChI is InChI=1S/C15H19NO4/c1-19-14(17)10-3-2-4-11(9-10)15(18)20-13-7-5-12(16)6-8-13/h2-4,9,12-13H,5-8,16H2,1H3. The highest BCUT2D eigenvalue weighted by atomic mass is 16.5. The fraction of sp³-hybridized carbons (Fsp3) is 0.467. The molecule has 0 unspecified atom stereocenters. The van der Waals surface area contributed by atoms with Crippen molar-refractivity contribution in [2.24, 2.45) is 5.73 Å². The molecule has 1 aromatic rings. The maximum Gasteiger partial charge on any atom is 0.338 e. The van der Waals surface area contributed by atoms with Crippen LogP contribution in [0.4, 0.5) is 0 Å². The van der Waals surface area contributed by atoms with E-state index in [4.69, 9.17) is 10.5 Å². The smallest absolute Gasteiger partial charge is 0.338 e. The average molecular weight is 277 g/mol. The van der Waals surface area contributed by atoms with Gasteiger partial charge < -0.3 is 15.2 Å². The van der Waals surface area contributed by atoms with E-state index < -0.39 is 11.9 Å². The molecule has 1 fully saturated rings. The summed E-state index contributed by atoms with van der Waals surface area (Å²) in [6, 6.07) is 6.57. The van der Waals surface area contributed by atoms with Crippen molar-refractivity contribution < 1.29 is 19.1 Å². The number of methoxy groups -OCH3 is 1. The van der Waals surface area contributed by atoms with Gasteiger partial charge in [-0.2, -0.15) is 0 Å². The van der Waals surface area contributed by atoms with Crippen molar-refractivity contribution in [2.45, 2.75) is 37.8 Å². The normalized spacial score (nSPS) is 22.1. The van der Waals surface area contributed by atoms with Crippen molar-refractivity contribution in [3.05, 3.63) is 35.4 Å². The molecule has 0 spiro atoms. The first kappa shape index (κ1) is 14.5. The zero-order valence-electron chi connectivity index (χ0n) is 11.5. The van der Waals surface area contributed by atoms with E-state index in [1.54, 1.807) is 18.2 Å². The molecule has 0 aromatic heterocycles. The molecule has 20 heavy (non-hydrogen) atoms. The molecule has 0 saturated heterocycles. The molecule has 108 valence electrons. The van der Waals surface area contributed by atoms with Crippen LogP contribution in [0.3, 0.4) is 0 Å². The summed E-state index contributed by atoms with van der Waals surface area (Å²) < 4.78 is 10.1.